The van der Waals surface area contributed by atoms with Crippen LogP contribution in [0.2, 0.25) is 0 Å². The van der Waals surface area contributed by atoms with Crippen LogP contribution in [0.4, 0.5) is 5.69 Å². The molecule has 0 radical (unpaired) electrons. The first-order valence-corrected chi connectivity index (χ1v) is 11.8. The first-order valence-electron chi connectivity index (χ1n) is 10.6. The fraction of sp³-hybridized carbons (Fsp3) is 0.375. The average molecular weight is 436 g/mol. The van der Waals surface area contributed by atoms with Crippen LogP contribution in [0.15, 0.2) is 36.4 Å². The minimum Gasteiger partial charge on any atom is -0.320 e. The number of rotatable bonds is 5. The molecule has 1 N–H and O–H groups in total. The standard InChI is InChI=1S/C24H29N5OS/c1-16-5-8-22(18(3)13-16)29-26-19(4)23(27-29)24(30)25-21-14-20(7-6-17(21)2)15-28-9-11-31-12-10-28/h5-8,13-14H,9-12,15H2,1-4H3,(H,25,30). The third-order valence-corrected chi connectivity index (χ3v) is 6.57. The van der Waals surface area contributed by atoms with Crippen molar-refractivity contribution in [2.45, 2.75) is 34.2 Å². The fourth-order valence-corrected chi connectivity index (χ4v) is 4.81. The molecule has 162 valence electrons. The minimum absolute atomic E-state index is 0.233. The molecule has 2 heterocycles. The summed E-state index contributed by atoms with van der Waals surface area (Å²) in [5.41, 5.74) is 7.16. The van der Waals surface area contributed by atoms with Crippen LogP contribution in [0.3, 0.4) is 0 Å². The lowest BCUT2D eigenvalue weighted by molar-refractivity contribution is 0.102. The maximum Gasteiger partial charge on any atom is 0.278 e. The Kier molecular flexibility index (Phi) is 6.43. The molecule has 0 unspecified atom stereocenters. The van der Waals surface area contributed by atoms with E-state index in [0.29, 0.717) is 11.4 Å². The van der Waals surface area contributed by atoms with E-state index in [0.717, 1.165) is 42.1 Å². The molecule has 7 heteroatoms. The number of benzene rings is 2. The zero-order valence-electron chi connectivity index (χ0n) is 18.6. The number of amides is 1. The quantitative estimate of drug-likeness (QED) is 0.647. The van der Waals surface area contributed by atoms with Crippen molar-refractivity contribution in [3.05, 3.63) is 70.0 Å². The van der Waals surface area contributed by atoms with Crippen LogP contribution < -0.4 is 5.32 Å². The van der Waals surface area contributed by atoms with Gasteiger partial charge in [0.1, 0.15) is 0 Å². The predicted molar refractivity (Wildman–Crippen MR) is 127 cm³/mol. The van der Waals surface area contributed by atoms with Crippen molar-refractivity contribution in [2.24, 2.45) is 0 Å². The van der Waals surface area contributed by atoms with Crippen molar-refractivity contribution in [3.8, 4) is 5.69 Å². The summed E-state index contributed by atoms with van der Waals surface area (Å²) in [4.78, 5) is 17.0. The number of carbonyl (C=O) groups excluding carboxylic acids is 1. The molecule has 0 atom stereocenters. The number of anilines is 1. The average Bonchev–Trinajstić information content (AvgIpc) is 3.12. The van der Waals surface area contributed by atoms with Crippen LogP contribution in [-0.4, -0.2) is 50.4 Å². The van der Waals surface area contributed by atoms with Gasteiger partial charge in [0.05, 0.1) is 11.4 Å². The number of nitrogens with one attached hydrogen (secondary N) is 1. The van der Waals surface area contributed by atoms with E-state index in [1.165, 1.54) is 22.6 Å². The van der Waals surface area contributed by atoms with Gasteiger partial charge in [0, 0.05) is 36.8 Å². The van der Waals surface area contributed by atoms with Gasteiger partial charge >= 0.3 is 0 Å². The lowest BCUT2D eigenvalue weighted by Gasteiger charge is -2.26. The Balaban J connectivity index is 1.53. The molecule has 2 aromatic carbocycles. The monoisotopic (exact) mass is 435 g/mol. The van der Waals surface area contributed by atoms with Crippen LogP contribution in [0.5, 0.6) is 0 Å². The van der Waals surface area contributed by atoms with Gasteiger partial charge in [0.15, 0.2) is 5.69 Å². The number of aromatic nitrogens is 3. The second-order valence-corrected chi connectivity index (χ2v) is 9.43. The second kappa shape index (κ2) is 9.24. The first kappa shape index (κ1) is 21.6. The number of hydrogen-bond donors (Lipinski definition) is 1. The molecule has 6 nitrogen and oxygen atoms in total. The normalized spacial score (nSPS) is 14.6. The van der Waals surface area contributed by atoms with E-state index in [1.807, 2.05) is 44.7 Å². The lowest BCUT2D eigenvalue weighted by Crippen LogP contribution is -2.32. The molecule has 0 saturated carbocycles. The number of carbonyl (C=O) groups is 1. The van der Waals surface area contributed by atoms with Crippen molar-refractivity contribution in [3.63, 3.8) is 0 Å². The molecule has 1 saturated heterocycles. The largest absolute Gasteiger partial charge is 0.320 e. The Morgan fingerprint density at radius 1 is 1.00 bits per heavy atom. The van der Waals surface area contributed by atoms with Crippen LogP contribution in [0.1, 0.15) is 38.4 Å². The van der Waals surface area contributed by atoms with Gasteiger partial charge in [-0.1, -0.05) is 29.8 Å². The number of aryl methyl sites for hydroxylation is 4. The fourth-order valence-electron chi connectivity index (χ4n) is 3.83. The van der Waals surface area contributed by atoms with Crippen molar-refractivity contribution in [1.82, 2.24) is 19.9 Å². The van der Waals surface area contributed by atoms with Crippen molar-refractivity contribution < 1.29 is 4.79 Å². The third kappa shape index (κ3) is 4.99. The Morgan fingerprint density at radius 3 is 2.52 bits per heavy atom. The van der Waals surface area contributed by atoms with Gasteiger partial charge in [-0.25, -0.2) is 0 Å². The van der Waals surface area contributed by atoms with Gasteiger partial charge in [-0.3, -0.25) is 9.69 Å². The Labute approximate surface area is 188 Å². The van der Waals surface area contributed by atoms with Crippen LogP contribution in [0, 0.1) is 27.7 Å². The maximum atomic E-state index is 13.0. The summed E-state index contributed by atoms with van der Waals surface area (Å²) in [5.74, 6) is 2.14. The molecule has 0 spiro atoms. The highest BCUT2D eigenvalue weighted by Gasteiger charge is 2.19. The molecular weight excluding hydrogens is 406 g/mol. The van der Waals surface area contributed by atoms with Crippen molar-refractivity contribution in [1.29, 1.82) is 0 Å². The molecule has 4 rings (SSSR count). The number of nitrogens with zero attached hydrogens (tertiary/aromatic N) is 4. The Bertz CT molecular complexity index is 1100. The predicted octanol–water partition coefficient (Wildman–Crippen LogP) is 4.30. The van der Waals surface area contributed by atoms with Crippen molar-refractivity contribution in [2.75, 3.05) is 29.9 Å². The zero-order valence-corrected chi connectivity index (χ0v) is 19.4. The summed E-state index contributed by atoms with van der Waals surface area (Å²) >= 11 is 2.01. The first-order chi connectivity index (χ1) is 14.9. The summed E-state index contributed by atoms with van der Waals surface area (Å²) in [6.45, 7) is 11.0. The number of thioether (sulfide) groups is 1. The molecule has 1 aliphatic rings. The number of hydrogen-bond acceptors (Lipinski definition) is 5. The smallest absolute Gasteiger partial charge is 0.278 e. The van der Waals surface area contributed by atoms with E-state index in [-0.39, 0.29) is 5.91 Å². The van der Waals surface area contributed by atoms with E-state index in [2.05, 4.69) is 51.6 Å². The lowest BCUT2D eigenvalue weighted by atomic mass is 10.1. The highest BCUT2D eigenvalue weighted by atomic mass is 32.2. The van der Waals surface area contributed by atoms with E-state index >= 15 is 0 Å². The summed E-state index contributed by atoms with van der Waals surface area (Å²) in [6, 6.07) is 12.4. The minimum atomic E-state index is -0.233. The van der Waals surface area contributed by atoms with Crippen LogP contribution in [-0.2, 0) is 6.54 Å². The second-order valence-electron chi connectivity index (χ2n) is 8.21. The van der Waals surface area contributed by atoms with Gasteiger partial charge in [-0.15, -0.1) is 5.10 Å². The topological polar surface area (TPSA) is 63.1 Å². The summed E-state index contributed by atoms with van der Waals surface area (Å²) in [7, 11) is 0. The summed E-state index contributed by atoms with van der Waals surface area (Å²) < 4.78 is 0. The van der Waals surface area contributed by atoms with Gasteiger partial charge < -0.3 is 5.32 Å². The molecular formula is C24H29N5OS. The molecule has 1 amide bonds. The third-order valence-electron chi connectivity index (χ3n) is 5.63. The molecule has 0 bridgehead atoms. The summed E-state index contributed by atoms with van der Waals surface area (Å²) in [6.07, 6.45) is 0. The molecule has 1 aromatic heterocycles. The molecule has 0 aliphatic carbocycles. The highest BCUT2D eigenvalue weighted by molar-refractivity contribution is 7.99. The van der Waals surface area contributed by atoms with Gasteiger partial charge in [0.2, 0.25) is 0 Å². The molecule has 3 aromatic rings. The van der Waals surface area contributed by atoms with E-state index < -0.39 is 0 Å². The van der Waals surface area contributed by atoms with Crippen molar-refractivity contribution >= 4 is 23.4 Å². The van der Waals surface area contributed by atoms with Gasteiger partial charge in [-0.2, -0.15) is 21.7 Å². The molecule has 1 fully saturated rings. The Morgan fingerprint density at radius 2 is 1.77 bits per heavy atom. The maximum absolute atomic E-state index is 13.0. The van der Waals surface area contributed by atoms with Crippen LogP contribution >= 0.6 is 11.8 Å². The van der Waals surface area contributed by atoms with E-state index in [9.17, 15) is 4.79 Å². The molecule has 31 heavy (non-hydrogen) atoms. The summed E-state index contributed by atoms with van der Waals surface area (Å²) in [5, 5.41) is 12.0. The van der Waals surface area contributed by atoms with E-state index in [4.69, 9.17) is 0 Å². The molecule has 1 aliphatic heterocycles. The zero-order chi connectivity index (χ0) is 22.0. The SMILES string of the molecule is Cc1ccc(-n2nc(C)c(C(=O)Nc3cc(CN4CCSCC4)ccc3C)n2)c(C)c1. The van der Waals surface area contributed by atoms with Crippen LogP contribution in [0.25, 0.3) is 5.69 Å². The van der Waals surface area contributed by atoms with Gasteiger partial charge in [0.25, 0.3) is 5.91 Å². The Hall–Kier alpha value is -2.64. The van der Waals surface area contributed by atoms with E-state index in [1.54, 1.807) is 4.80 Å². The van der Waals surface area contributed by atoms with Gasteiger partial charge in [-0.05, 0) is 56.5 Å². The highest BCUT2D eigenvalue weighted by Crippen LogP contribution is 2.21.